The summed E-state index contributed by atoms with van der Waals surface area (Å²) >= 11 is 0. The van der Waals surface area contributed by atoms with Crippen molar-refractivity contribution < 1.29 is 22.7 Å². The van der Waals surface area contributed by atoms with Crippen LogP contribution in [0.5, 0.6) is 5.75 Å². The molecule has 6 heteroatoms. The zero-order chi connectivity index (χ0) is 10.2. The van der Waals surface area contributed by atoms with Gasteiger partial charge in [-0.1, -0.05) is 0 Å². The van der Waals surface area contributed by atoms with E-state index in [9.17, 15) is 17.6 Å². The molecule has 0 saturated heterocycles. The fourth-order valence-electron chi connectivity index (χ4n) is 0.812. The molecule has 2 nitrogen and oxygen atoms in total. The van der Waals surface area contributed by atoms with Gasteiger partial charge in [0.2, 0.25) is 0 Å². The van der Waals surface area contributed by atoms with Gasteiger partial charge in [0.05, 0.1) is 5.56 Å². The van der Waals surface area contributed by atoms with E-state index in [1.54, 1.807) is 0 Å². The molecule has 0 radical (unpaired) electrons. The molecule has 1 rings (SSSR count). The van der Waals surface area contributed by atoms with Crippen molar-refractivity contribution in [3.63, 3.8) is 0 Å². The van der Waals surface area contributed by atoms with Gasteiger partial charge in [-0.15, -0.1) is 0 Å². The number of aromatic hydroxyl groups is 1. The van der Waals surface area contributed by atoms with Crippen molar-refractivity contribution >= 4 is 5.69 Å². The van der Waals surface area contributed by atoms with Crippen LogP contribution in [0.25, 0.3) is 0 Å². The third-order valence-corrected chi connectivity index (χ3v) is 1.47. The summed E-state index contributed by atoms with van der Waals surface area (Å²) in [6.07, 6.45) is -4.73. The number of phenolic OH excluding ortho intramolecular Hbond substituents is 1. The predicted octanol–water partition coefficient (Wildman–Crippen LogP) is 2.13. The minimum absolute atomic E-state index is 0.432. The SMILES string of the molecule is Nc1c(F)ccc(C(F)(F)F)c1O. The van der Waals surface area contributed by atoms with Gasteiger partial charge in [-0.05, 0) is 12.1 Å². The fourth-order valence-corrected chi connectivity index (χ4v) is 0.812. The Hall–Kier alpha value is -1.46. The van der Waals surface area contributed by atoms with Gasteiger partial charge < -0.3 is 10.8 Å². The standard InChI is InChI=1S/C7H5F4NO/c8-4-2-1-3(7(9,10)11)6(13)5(4)12/h1-2,13H,12H2. The van der Waals surface area contributed by atoms with Crippen LogP contribution in [-0.4, -0.2) is 5.11 Å². The number of alkyl halides is 3. The molecular formula is C7H5F4NO. The van der Waals surface area contributed by atoms with Gasteiger partial charge in [0.1, 0.15) is 11.5 Å². The third kappa shape index (κ3) is 1.66. The van der Waals surface area contributed by atoms with Crippen LogP contribution in [0, 0.1) is 5.82 Å². The summed E-state index contributed by atoms with van der Waals surface area (Å²) in [4.78, 5) is 0. The maximum absolute atomic E-state index is 12.5. The highest BCUT2D eigenvalue weighted by Crippen LogP contribution is 2.39. The Labute approximate surface area is 70.6 Å². The van der Waals surface area contributed by atoms with E-state index in [-0.39, 0.29) is 0 Å². The smallest absolute Gasteiger partial charge is 0.420 e. The Bertz CT molecular complexity index is 334. The van der Waals surface area contributed by atoms with Gasteiger partial charge >= 0.3 is 6.18 Å². The summed E-state index contributed by atoms with van der Waals surface area (Å²) in [6, 6.07) is 0.985. The highest BCUT2D eigenvalue weighted by atomic mass is 19.4. The number of rotatable bonds is 0. The van der Waals surface area contributed by atoms with E-state index >= 15 is 0 Å². The molecule has 0 aliphatic rings. The molecule has 0 saturated carbocycles. The number of halogens is 4. The lowest BCUT2D eigenvalue weighted by atomic mass is 10.1. The predicted molar refractivity (Wildman–Crippen MR) is 37.5 cm³/mol. The molecular weight excluding hydrogens is 190 g/mol. The maximum atomic E-state index is 12.5. The first-order valence-electron chi connectivity index (χ1n) is 3.18. The summed E-state index contributed by atoms with van der Waals surface area (Å²) in [6.45, 7) is 0. The average Bonchev–Trinajstić information content (AvgIpc) is 1.98. The summed E-state index contributed by atoms with van der Waals surface area (Å²) in [5.41, 5.74) is 2.62. The monoisotopic (exact) mass is 195 g/mol. The fraction of sp³-hybridized carbons (Fsp3) is 0.143. The van der Waals surface area contributed by atoms with E-state index < -0.39 is 29.0 Å². The van der Waals surface area contributed by atoms with Gasteiger partial charge in [-0.3, -0.25) is 0 Å². The number of nitrogen functional groups attached to an aromatic ring is 1. The molecule has 0 aromatic heterocycles. The van der Waals surface area contributed by atoms with Crippen molar-refractivity contribution in [1.29, 1.82) is 0 Å². The molecule has 3 N–H and O–H groups in total. The Kier molecular flexibility index (Phi) is 2.07. The van der Waals surface area contributed by atoms with Crippen LogP contribution in [0.15, 0.2) is 12.1 Å². The van der Waals surface area contributed by atoms with Crippen LogP contribution in [-0.2, 0) is 6.18 Å². The lowest BCUT2D eigenvalue weighted by molar-refractivity contribution is -0.138. The zero-order valence-corrected chi connectivity index (χ0v) is 6.19. The number of nitrogens with two attached hydrogens (primary N) is 1. The molecule has 0 aliphatic carbocycles. The van der Waals surface area contributed by atoms with E-state index in [1.807, 2.05) is 0 Å². The summed E-state index contributed by atoms with van der Waals surface area (Å²) in [5, 5.41) is 8.83. The second-order valence-electron chi connectivity index (χ2n) is 2.35. The first-order valence-corrected chi connectivity index (χ1v) is 3.18. The van der Waals surface area contributed by atoms with Gasteiger partial charge in [0, 0.05) is 0 Å². The van der Waals surface area contributed by atoms with E-state index in [0.29, 0.717) is 12.1 Å². The van der Waals surface area contributed by atoms with Crippen LogP contribution < -0.4 is 5.73 Å². The van der Waals surface area contributed by atoms with Crippen LogP contribution in [0.1, 0.15) is 5.56 Å². The minimum atomic E-state index is -4.73. The number of hydrogen-bond acceptors (Lipinski definition) is 2. The number of phenols is 1. The molecule has 0 amide bonds. The Morgan fingerprint density at radius 2 is 1.77 bits per heavy atom. The van der Waals surface area contributed by atoms with Gasteiger partial charge in [0.15, 0.2) is 5.75 Å². The van der Waals surface area contributed by atoms with Crippen molar-refractivity contribution in [3.05, 3.63) is 23.5 Å². The molecule has 0 bridgehead atoms. The Morgan fingerprint density at radius 1 is 1.23 bits per heavy atom. The molecule has 13 heavy (non-hydrogen) atoms. The first-order chi connectivity index (χ1) is 5.84. The topological polar surface area (TPSA) is 46.2 Å². The zero-order valence-electron chi connectivity index (χ0n) is 6.19. The van der Waals surface area contributed by atoms with Crippen molar-refractivity contribution in [1.82, 2.24) is 0 Å². The van der Waals surface area contributed by atoms with Crippen molar-refractivity contribution in [2.45, 2.75) is 6.18 Å². The quantitative estimate of drug-likeness (QED) is 0.378. The maximum Gasteiger partial charge on any atom is 0.420 e. The largest absolute Gasteiger partial charge is 0.505 e. The van der Waals surface area contributed by atoms with E-state index in [4.69, 9.17) is 10.8 Å². The molecule has 1 aromatic carbocycles. The van der Waals surface area contributed by atoms with E-state index in [0.717, 1.165) is 0 Å². The molecule has 0 spiro atoms. The molecule has 0 aliphatic heterocycles. The summed E-state index contributed by atoms with van der Waals surface area (Å²) in [5.74, 6) is -2.35. The summed E-state index contributed by atoms with van der Waals surface area (Å²) < 4.78 is 48.6. The van der Waals surface area contributed by atoms with E-state index in [1.165, 1.54) is 0 Å². The van der Waals surface area contributed by atoms with Gasteiger partial charge in [-0.25, -0.2) is 4.39 Å². The van der Waals surface area contributed by atoms with Crippen molar-refractivity contribution in [2.75, 3.05) is 5.73 Å². The van der Waals surface area contributed by atoms with Crippen LogP contribution in [0.3, 0.4) is 0 Å². The van der Waals surface area contributed by atoms with Gasteiger partial charge in [-0.2, -0.15) is 13.2 Å². The number of anilines is 1. The normalized spacial score (nSPS) is 11.7. The molecule has 1 aromatic rings. The first kappa shape index (κ1) is 9.63. The molecule has 72 valence electrons. The second kappa shape index (κ2) is 2.79. The Morgan fingerprint density at radius 3 is 2.23 bits per heavy atom. The molecule has 0 heterocycles. The van der Waals surface area contributed by atoms with Crippen molar-refractivity contribution in [2.24, 2.45) is 0 Å². The second-order valence-corrected chi connectivity index (χ2v) is 2.35. The molecule has 0 fully saturated rings. The van der Waals surface area contributed by atoms with Gasteiger partial charge in [0.25, 0.3) is 0 Å². The summed E-state index contributed by atoms with van der Waals surface area (Å²) in [7, 11) is 0. The Balaban J connectivity index is 3.35. The van der Waals surface area contributed by atoms with Crippen LogP contribution >= 0.6 is 0 Å². The lowest BCUT2D eigenvalue weighted by Gasteiger charge is -2.10. The lowest BCUT2D eigenvalue weighted by Crippen LogP contribution is -2.07. The highest BCUT2D eigenvalue weighted by molar-refractivity contribution is 5.57. The number of hydrogen-bond donors (Lipinski definition) is 2. The van der Waals surface area contributed by atoms with Crippen LogP contribution in [0.4, 0.5) is 23.2 Å². The minimum Gasteiger partial charge on any atom is -0.505 e. The van der Waals surface area contributed by atoms with Crippen LogP contribution in [0.2, 0.25) is 0 Å². The highest BCUT2D eigenvalue weighted by Gasteiger charge is 2.35. The van der Waals surface area contributed by atoms with E-state index in [2.05, 4.69) is 0 Å². The molecule has 0 unspecified atom stereocenters. The van der Waals surface area contributed by atoms with Crippen molar-refractivity contribution in [3.8, 4) is 5.75 Å². The number of benzene rings is 1. The average molecular weight is 195 g/mol. The third-order valence-electron chi connectivity index (χ3n) is 1.47. The molecule has 0 atom stereocenters.